The van der Waals surface area contributed by atoms with Gasteiger partial charge >= 0.3 is 6.03 Å². The number of rotatable bonds is 3. The fourth-order valence-electron chi connectivity index (χ4n) is 1.56. The zero-order valence-corrected chi connectivity index (χ0v) is 9.58. The fourth-order valence-corrected chi connectivity index (χ4v) is 1.56. The zero-order chi connectivity index (χ0) is 12.8. The fraction of sp³-hybridized carbons (Fsp3) is 0. The summed E-state index contributed by atoms with van der Waals surface area (Å²) in [6.45, 7) is 0. The van der Waals surface area contributed by atoms with E-state index in [0.29, 0.717) is 0 Å². The van der Waals surface area contributed by atoms with E-state index in [-0.39, 0.29) is 0 Å². The largest absolute Gasteiger partial charge is 0.357 e. The van der Waals surface area contributed by atoms with Crippen molar-refractivity contribution in [2.75, 3.05) is 5.01 Å². The highest BCUT2D eigenvalue weighted by atomic mass is 16.5. The van der Waals surface area contributed by atoms with Crippen LogP contribution >= 0.6 is 0 Å². The molecule has 5 heteroatoms. The lowest BCUT2D eigenvalue weighted by atomic mass is 10.2. The summed E-state index contributed by atoms with van der Waals surface area (Å²) in [6, 6.07) is 17.9. The van der Waals surface area contributed by atoms with Crippen LogP contribution in [-0.4, -0.2) is 11.2 Å². The second-order valence-electron chi connectivity index (χ2n) is 3.56. The van der Waals surface area contributed by atoms with Gasteiger partial charge in [-0.2, -0.15) is 0 Å². The molecule has 0 saturated carbocycles. The molecule has 0 radical (unpaired) electrons. The molecule has 2 amide bonds. The van der Waals surface area contributed by atoms with Crippen LogP contribution in [0.2, 0.25) is 0 Å². The highest BCUT2D eigenvalue weighted by Gasteiger charge is 2.11. The first-order valence-electron chi connectivity index (χ1n) is 5.42. The topological polar surface area (TPSA) is 64.6 Å². The SMILES string of the molecule is O=C(NO)NN(c1ccccc1)c1ccccc1. The van der Waals surface area contributed by atoms with Gasteiger partial charge in [0, 0.05) is 0 Å². The van der Waals surface area contributed by atoms with Crippen molar-refractivity contribution < 1.29 is 10.0 Å². The molecule has 0 atom stereocenters. The predicted molar refractivity (Wildman–Crippen MR) is 68.5 cm³/mol. The summed E-state index contributed by atoms with van der Waals surface area (Å²) in [5.74, 6) is 0. The van der Waals surface area contributed by atoms with Crippen LogP contribution in [0.1, 0.15) is 0 Å². The molecule has 0 aromatic heterocycles. The number of hydroxylamine groups is 1. The standard InChI is InChI=1S/C13H13N3O2/c17-13(15-18)14-16(11-7-3-1-4-8-11)12-9-5-2-6-10-12/h1-10,18H,(H2,14,15,17). The first-order valence-corrected chi connectivity index (χ1v) is 5.42. The number of hydrogen-bond acceptors (Lipinski definition) is 3. The molecule has 18 heavy (non-hydrogen) atoms. The molecule has 0 unspecified atom stereocenters. The summed E-state index contributed by atoms with van der Waals surface area (Å²) in [4.78, 5) is 11.3. The van der Waals surface area contributed by atoms with Crippen molar-refractivity contribution in [3.05, 3.63) is 60.7 Å². The minimum absolute atomic E-state index is 0.706. The van der Waals surface area contributed by atoms with Crippen LogP contribution in [0.4, 0.5) is 16.2 Å². The summed E-state index contributed by atoms with van der Waals surface area (Å²) >= 11 is 0. The lowest BCUT2D eigenvalue weighted by Gasteiger charge is -2.24. The maximum absolute atomic E-state index is 11.3. The van der Waals surface area contributed by atoms with Gasteiger partial charge in [-0.05, 0) is 24.3 Å². The van der Waals surface area contributed by atoms with Crippen LogP contribution in [-0.2, 0) is 0 Å². The van der Waals surface area contributed by atoms with Crippen LogP contribution in [0.15, 0.2) is 60.7 Å². The van der Waals surface area contributed by atoms with Gasteiger partial charge in [0.25, 0.3) is 0 Å². The van der Waals surface area contributed by atoms with Crippen molar-refractivity contribution in [1.82, 2.24) is 10.9 Å². The van der Waals surface area contributed by atoms with Gasteiger partial charge in [0.05, 0.1) is 11.4 Å². The molecule has 5 nitrogen and oxygen atoms in total. The number of para-hydroxylation sites is 2. The number of carbonyl (C=O) groups is 1. The summed E-state index contributed by atoms with van der Waals surface area (Å²) in [7, 11) is 0. The number of carbonyl (C=O) groups excluding carboxylic acids is 1. The molecule has 0 fully saturated rings. The number of hydrazine groups is 1. The van der Waals surface area contributed by atoms with E-state index in [0.717, 1.165) is 11.4 Å². The van der Waals surface area contributed by atoms with Crippen molar-refractivity contribution in [2.24, 2.45) is 0 Å². The molecule has 0 aliphatic carbocycles. The lowest BCUT2D eigenvalue weighted by Crippen LogP contribution is -2.44. The van der Waals surface area contributed by atoms with E-state index >= 15 is 0 Å². The summed E-state index contributed by atoms with van der Waals surface area (Å²) < 4.78 is 0. The summed E-state index contributed by atoms with van der Waals surface area (Å²) in [5.41, 5.74) is 5.64. The first kappa shape index (κ1) is 11.9. The van der Waals surface area contributed by atoms with Crippen molar-refractivity contribution in [3.63, 3.8) is 0 Å². The second-order valence-corrected chi connectivity index (χ2v) is 3.56. The third kappa shape index (κ3) is 2.78. The minimum Gasteiger partial charge on any atom is -0.287 e. The average Bonchev–Trinajstić information content (AvgIpc) is 2.46. The predicted octanol–water partition coefficient (Wildman–Crippen LogP) is 2.43. The van der Waals surface area contributed by atoms with E-state index in [1.54, 1.807) is 10.5 Å². The normalized spacial score (nSPS) is 9.61. The van der Waals surface area contributed by atoms with E-state index in [1.165, 1.54) is 0 Å². The van der Waals surface area contributed by atoms with Gasteiger partial charge in [0.1, 0.15) is 0 Å². The highest BCUT2D eigenvalue weighted by molar-refractivity contribution is 5.78. The maximum Gasteiger partial charge on any atom is 0.357 e. The summed E-state index contributed by atoms with van der Waals surface area (Å²) in [5, 5.41) is 10.2. The van der Waals surface area contributed by atoms with E-state index in [1.807, 2.05) is 60.7 Å². The number of amides is 2. The van der Waals surface area contributed by atoms with E-state index in [9.17, 15) is 4.79 Å². The van der Waals surface area contributed by atoms with Crippen molar-refractivity contribution in [3.8, 4) is 0 Å². The monoisotopic (exact) mass is 243 g/mol. The number of benzene rings is 2. The molecule has 0 aliphatic rings. The van der Waals surface area contributed by atoms with Crippen LogP contribution in [0, 0.1) is 0 Å². The van der Waals surface area contributed by atoms with Crippen molar-refractivity contribution >= 4 is 17.4 Å². The van der Waals surface area contributed by atoms with Gasteiger partial charge in [0.2, 0.25) is 0 Å². The van der Waals surface area contributed by atoms with Gasteiger partial charge in [-0.25, -0.2) is 15.7 Å². The van der Waals surface area contributed by atoms with E-state index in [2.05, 4.69) is 5.43 Å². The molecular formula is C13H13N3O2. The Morgan fingerprint density at radius 2 is 1.33 bits per heavy atom. The molecular weight excluding hydrogens is 230 g/mol. The number of hydrogen-bond donors (Lipinski definition) is 3. The molecule has 0 aliphatic heterocycles. The first-order chi connectivity index (χ1) is 8.81. The van der Waals surface area contributed by atoms with Crippen molar-refractivity contribution in [1.29, 1.82) is 0 Å². The number of urea groups is 1. The molecule has 0 spiro atoms. The molecule has 2 aromatic rings. The Hall–Kier alpha value is -2.53. The Kier molecular flexibility index (Phi) is 3.78. The van der Waals surface area contributed by atoms with Gasteiger partial charge in [-0.15, -0.1) is 0 Å². The molecule has 0 bridgehead atoms. The van der Waals surface area contributed by atoms with Gasteiger partial charge < -0.3 is 0 Å². The molecule has 2 aromatic carbocycles. The molecule has 0 saturated heterocycles. The van der Waals surface area contributed by atoms with Gasteiger partial charge in [-0.1, -0.05) is 36.4 Å². The van der Waals surface area contributed by atoms with Crippen LogP contribution in [0.5, 0.6) is 0 Å². The van der Waals surface area contributed by atoms with Crippen LogP contribution in [0.25, 0.3) is 0 Å². The molecule has 3 N–H and O–H groups in total. The number of anilines is 2. The Morgan fingerprint density at radius 1 is 0.889 bits per heavy atom. The lowest BCUT2D eigenvalue weighted by molar-refractivity contribution is 0.162. The van der Waals surface area contributed by atoms with Gasteiger partial charge in [-0.3, -0.25) is 10.2 Å². The average molecular weight is 243 g/mol. The summed E-state index contributed by atoms with van der Waals surface area (Å²) in [6.07, 6.45) is 0. The van der Waals surface area contributed by atoms with E-state index < -0.39 is 6.03 Å². The second kappa shape index (κ2) is 5.70. The number of nitrogens with zero attached hydrogens (tertiary/aromatic N) is 1. The molecule has 2 rings (SSSR count). The Bertz CT molecular complexity index is 463. The van der Waals surface area contributed by atoms with Crippen molar-refractivity contribution in [2.45, 2.75) is 0 Å². The van der Waals surface area contributed by atoms with Crippen LogP contribution < -0.4 is 15.9 Å². The third-order valence-corrected chi connectivity index (χ3v) is 2.34. The van der Waals surface area contributed by atoms with Gasteiger partial charge in [0.15, 0.2) is 0 Å². The third-order valence-electron chi connectivity index (χ3n) is 2.34. The number of nitrogens with one attached hydrogen (secondary N) is 2. The van der Waals surface area contributed by atoms with Crippen LogP contribution in [0.3, 0.4) is 0 Å². The maximum atomic E-state index is 11.3. The van der Waals surface area contributed by atoms with E-state index in [4.69, 9.17) is 5.21 Å². The quantitative estimate of drug-likeness (QED) is 0.573. The zero-order valence-electron chi connectivity index (χ0n) is 9.58. The molecule has 0 heterocycles. The Morgan fingerprint density at radius 3 is 1.72 bits per heavy atom. The minimum atomic E-state index is -0.706. The molecule has 92 valence electrons. The smallest absolute Gasteiger partial charge is 0.287 e. The Balaban J connectivity index is 2.32. The Labute approximate surface area is 105 Å². The highest BCUT2D eigenvalue weighted by Crippen LogP contribution is 2.22.